The normalized spacial score (nSPS) is 13.7. The number of pyridine rings is 1. The Hall–Kier alpha value is -2.00. The lowest BCUT2D eigenvalue weighted by Crippen LogP contribution is -2.31. The van der Waals surface area contributed by atoms with E-state index in [4.69, 9.17) is 4.98 Å². The van der Waals surface area contributed by atoms with Crippen molar-refractivity contribution in [3.8, 4) is 0 Å². The quantitative estimate of drug-likeness (QED) is 0.577. The summed E-state index contributed by atoms with van der Waals surface area (Å²) in [5, 5.41) is 1.36. The highest BCUT2D eigenvalue weighted by atomic mass is 35.5. The molecule has 0 unspecified atom stereocenters. The van der Waals surface area contributed by atoms with Crippen molar-refractivity contribution in [2.75, 3.05) is 11.4 Å². The topological polar surface area (TPSA) is 21.1 Å². The minimum atomic E-state index is 0. The predicted molar refractivity (Wildman–Crippen MR) is 117 cm³/mol. The van der Waals surface area contributed by atoms with Crippen molar-refractivity contribution in [2.24, 2.45) is 5.92 Å². The highest BCUT2D eigenvalue weighted by Crippen LogP contribution is 2.34. The second-order valence-corrected chi connectivity index (χ2v) is 8.02. The van der Waals surface area contributed by atoms with Gasteiger partial charge in [0.25, 0.3) is 0 Å². The molecule has 0 bridgehead atoms. The lowest BCUT2D eigenvalue weighted by molar-refractivity contribution is 0.518. The first kappa shape index (κ1) is 19.8. The van der Waals surface area contributed by atoms with Gasteiger partial charge in [-0.1, -0.05) is 38.1 Å². The SMILES string of the molecule is Cc1c(C)n(CCC(C)C)c2c(N3CCc4ccccc4C3)nccc12.Cl. The number of benzene rings is 1. The molecule has 1 aromatic carbocycles. The Balaban J connectivity index is 0.00000210. The fourth-order valence-corrected chi connectivity index (χ4v) is 4.15. The van der Waals surface area contributed by atoms with Crippen LogP contribution in [0.25, 0.3) is 10.9 Å². The second kappa shape index (κ2) is 7.93. The lowest BCUT2D eigenvalue weighted by Gasteiger charge is -2.30. The van der Waals surface area contributed by atoms with E-state index in [1.54, 1.807) is 0 Å². The first-order chi connectivity index (χ1) is 12.6. The third-order valence-electron chi connectivity index (χ3n) is 5.89. The summed E-state index contributed by atoms with van der Waals surface area (Å²) in [4.78, 5) is 7.32. The van der Waals surface area contributed by atoms with Crippen molar-refractivity contribution in [1.29, 1.82) is 0 Å². The van der Waals surface area contributed by atoms with Gasteiger partial charge in [0.1, 0.15) is 0 Å². The third kappa shape index (κ3) is 3.58. The molecule has 1 aliphatic rings. The molecule has 0 spiro atoms. The monoisotopic (exact) mass is 383 g/mol. The van der Waals surface area contributed by atoms with Gasteiger partial charge in [0.05, 0.1) is 5.52 Å². The summed E-state index contributed by atoms with van der Waals surface area (Å²) in [6.07, 6.45) is 4.28. The zero-order chi connectivity index (χ0) is 18.3. The van der Waals surface area contributed by atoms with E-state index in [1.165, 1.54) is 39.7 Å². The number of nitrogens with zero attached hydrogens (tertiary/aromatic N) is 3. The Bertz CT molecular complexity index is 942. The Morgan fingerprint density at radius 2 is 1.81 bits per heavy atom. The average Bonchev–Trinajstić information content (AvgIpc) is 2.90. The van der Waals surface area contributed by atoms with Gasteiger partial charge < -0.3 is 9.47 Å². The van der Waals surface area contributed by atoms with Gasteiger partial charge in [0.15, 0.2) is 5.82 Å². The van der Waals surface area contributed by atoms with E-state index in [0.717, 1.165) is 31.9 Å². The Labute approximate surface area is 168 Å². The number of anilines is 1. The number of aromatic nitrogens is 2. The first-order valence-corrected chi connectivity index (χ1v) is 9.82. The van der Waals surface area contributed by atoms with Crippen LogP contribution in [0, 0.1) is 19.8 Å². The van der Waals surface area contributed by atoms with Crippen LogP contribution in [0.2, 0.25) is 0 Å². The van der Waals surface area contributed by atoms with Gasteiger partial charge in [-0.2, -0.15) is 0 Å². The second-order valence-electron chi connectivity index (χ2n) is 8.02. The molecule has 0 saturated carbocycles. The third-order valence-corrected chi connectivity index (χ3v) is 5.89. The summed E-state index contributed by atoms with van der Waals surface area (Å²) >= 11 is 0. The summed E-state index contributed by atoms with van der Waals surface area (Å²) in [6.45, 7) is 12.2. The Morgan fingerprint density at radius 3 is 2.56 bits per heavy atom. The van der Waals surface area contributed by atoms with Gasteiger partial charge in [-0.15, -0.1) is 12.4 Å². The van der Waals surface area contributed by atoms with Crippen LogP contribution in [0.4, 0.5) is 5.82 Å². The molecule has 3 nitrogen and oxygen atoms in total. The Morgan fingerprint density at radius 1 is 1.07 bits per heavy atom. The maximum atomic E-state index is 4.85. The smallest absolute Gasteiger partial charge is 0.153 e. The van der Waals surface area contributed by atoms with Gasteiger partial charge in [-0.05, 0) is 55.4 Å². The molecule has 4 heteroatoms. The van der Waals surface area contributed by atoms with Crippen LogP contribution in [-0.2, 0) is 19.5 Å². The highest BCUT2D eigenvalue weighted by molar-refractivity contribution is 5.93. The molecule has 0 atom stereocenters. The maximum Gasteiger partial charge on any atom is 0.153 e. The molecule has 3 heterocycles. The molecule has 0 fully saturated rings. The fourth-order valence-electron chi connectivity index (χ4n) is 4.15. The van der Waals surface area contributed by atoms with E-state index < -0.39 is 0 Å². The summed E-state index contributed by atoms with van der Waals surface area (Å²) in [5.41, 5.74) is 7.02. The summed E-state index contributed by atoms with van der Waals surface area (Å²) in [5.74, 6) is 1.85. The van der Waals surface area contributed by atoms with Crippen molar-refractivity contribution < 1.29 is 0 Å². The zero-order valence-corrected chi connectivity index (χ0v) is 17.6. The van der Waals surface area contributed by atoms with Crippen LogP contribution in [0.3, 0.4) is 0 Å². The number of fused-ring (bicyclic) bond motifs is 2. The van der Waals surface area contributed by atoms with Gasteiger partial charge in [0.2, 0.25) is 0 Å². The molecule has 3 aromatic rings. The molecular weight excluding hydrogens is 354 g/mol. The van der Waals surface area contributed by atoms with E-state index in [0.29, 0.717) is 5.92 Å². The van der Waals surface area contributed by atoms with Crippen molar-refractivity contribution >= 4 is 29.1 Å². The van der Waals surface area contributed by atoms with Gasteiger partial charge in [0, 0.05) is 36.9 Å². The molecule has 1 aliphatic heterocycles. The molecule has 0 amide bonds. The number of rotatable bonds is 4. The molecule has 144 valence electrons. The van der Waals surface area contributed by atoms with Crippen LogP contribution in [0.5, 0.6) is 0 Å². The first-order valence-electron chi connectivity index (χ1n) is 9.82. The van der Waals surface area contributed by atoms with Crippen molar-refractivity contribution in [1.82, 2.24) is 9.55 Å². The average molecular weight is 384 g/mol. The van der Waals surface area contributed by atoms with E-state index in [1.807, 2.05) is 6.20 Å². The summed E-state index contributed by atoms with van der Waals surface area (Å²) in [7, 11) is 0. The number of hydrogen-bond acceptors (Lipinski definition) is 2. The Kier molecular flexibility index (Phi) is 5.81. The lowest BCUT2D eigenvalue weighted by atomic mass is 10.00. The maximum absolute atomic E-state index is 4.85. The minimum absolute atomic E-state index is 0. The molecule has 0 N–H and O–H groups in total. The van der Waals surface area contributed by atoms with Crippen LogP contribution in [0.1, 0.15) is 42.7 Å². The number of aryl methyl sites for hydroxylation is 2. The van der Waals surface area contributed by atoms with E-state index >= 15 is 0 Å². The highest BCUT2D eigenvalue weighted by Gasteiger charge is 2.22. The van der Waals surface area contributed by atoms with Crippen LogP contribution in [0.15, 0.2) is 36.5 Å². The largest absolute Gasteiger partial charge is 0.350 e. The minimum Gasteiger partial charge on any atom is -0.350 e. The van der Waals surface area contributed by atoms with Crippen LogP contribution < -0.4 is 4.90 Å². The molecule has 0 radical (unpaired) electrons. The molecule has 0 saturated heterocycles. The molecular formula is C23H30ClN3. The number of halogens is 1. The predicted octanol–water partition coefficient (Wildman–Crippen LogP) is 5.68. The van der Waals surface area contributed by atoms with Crippen molar-refractivity contribution in [3.63, 3.8) is 0 Å². The van der Waals surface area contributed by atoms with Crippen LogP contribution >= 0.6 is 12.4 Å². The number of hydrogen-bond donors (Lipinski definition) is 0. The standard InChI is InChI=1S/C23H29N3.ClH/c1-16(2)10-14-26-18(4)17(3)21-9-12-24-23(22(21)26)25-13-11-19-7-5-6-8-20(19)15-25;/h5-9,12,16H,10-11,13-15H2,1-4H3;1H. The van der Waals surface area contributed by atoms with E-state index in [9.17, 15) is 0 Å². The van der Waals surface area contributed by atoms with E-state index in [-0.39, 0.29) is 12.4 Å². The van der Waals surface area contributed by atoms with E-state index in [2.05, 4.69) is 67.5 Å². The van der Waals surface area contributed by atoms with Crippen LogP contribution in [-0.4, -0.2) is 16.1 Å². The molecule has 0 aliphatic carbocycles. The summed E-state index contributed by atoms with van der Waals surface area (Å²) in [6, 6.07) is 11.0. The van der Waals surface area contributed by atoms with Crippen molar-refractivity contribution in [2.45, 2.75) is 53.6 Å². The summed E-state index contributed by atoms with van der Waals surface area (Å²) < 4.78 is 2.51. The van der Waals surface area contributed by atoms with Crippen molar-refractivity contribution in [3.05, 3.63) is 58.9 Å². The molecule has 27 heavy (non-hydrogen) atoms. The van der Waals surface area contributed by atoms with Gasteiger partial charge >= 0.3 is 0 Å². The van der Waals surface area contributed by atoms with Gasteiger partial charge in [-0.3, -0.25) is 0 Å². The zero-order valence-electron chi connectivity index (χ0n) is 16.8. The fraction of sp³-hybridized carbons (Fsp3) is 0.435. The molecule has 2 aromatic heterocycles. The molecule has 4 rings (SSSR count). The van der Waals surface area contributed by atoms with Gasteiger partial charge in [-0.25, -0.2) is 4.98 Å².